The predicted octanol–water partition coefficient (Wildman–Crippen LogP) is 3.01. The zero-order valence-corrected chi connectivity index (χ0v) is 15.1. The van der Waals surface area contributed by atoms with Crippen LogP contribution in [0.15, 0.2) is 53.4 Å². The lowest BCUT2D eigenvalue weighted by molar-refractivity contribution is 0.459. The van der Waals surface area contributed by atoms with Crippen LogP contribution in [0.25, 0.3) is 0 Å². The van der Waals surface area contributed by atoms with E-state index in [9.17, 15) is 8.42 Å². The van der Waals surface area contributed by atoms with Crippen LogP contribution in [0.4, 0.5) is 0 Å². The molecule has 1 heterocycles. The van der Waals surface area contributed by atoms with Gasteiger partial charge in [0.25, 0.3) is 0 Å². The van der Waals surface area contributed by atoms with Gasteiger partial charge in [0.1, 0.15) is 4.90 Å². The first kappa shape index (κ1) is 17.4. The Hall–Kier alpha value is -1.40. The Bertz CT molecular complexity index is 824. The fourth-order valence-corrected chi connectivity index (χ4v) is 5.37. The van der Waals surface area contributed by atoms with E-state index >= 15 is 0 Å². The molecule has 1 fully saturated rings. The Morgan fingerprint density at radius 2 is 1.88 bits per heavy atom. The van der Waals surface area contributed by atoms with Crippen molar-refractivity contribution in [2.24, 2.45) is 11.7 Å². The molecule has 0 bridgehead atoms. The van der Waals surface area contributed by atoms with Gasteiger partial charge in [0, 0.05) is 19.0 Å². The highest BCUT2D eigenvalue weighted by molar-refractivity contribution is 7.89. The predicted molar refractivity (Wildman–Crippen MR) is 96.7 cm³/mol. The number of nitrogens with two attached hydrogens (primary N) is 1. The molecular formula is C18H21ClN2O2S. The van der Waals surface area contributed by atoms with Crippen molar-refractivity contribution in [1.29, 1.82) is 0 Å². The molecule has 4 nitrogen and oxygen atoms in total. The number of nitrogens with zero attached hydrogens (tertiary/aromatic N) is 1. The van der Waals surface area contributed by atoms with Crippen molar-refractivity contribution >= 4 is 21.6 Å². The molecule has 0 unspecified atom stereocenters. The van der Waals surface area contributed by atoms with Gasteiger partial charge in [-0.15, -0.1) is 0 Å². The van der Waals surface area contributed by atoms with Crippen molar-refractivity contribution in [3.8, 4) is 0 Å². The Kier molecular flexibility index (Phi) is 4.97. The molecule has 0 spiro atoms. The quantitative estimate of drug-likeness (QED) is 0.907. The maximum absolute atomic E-state index is 13.0. The first-order valence-corrected chi connectivity index (χ1v) is 9.76. The van der Waals surface area contributed by atoms with Crippen LogP contribution in [0.1, 0.15) is 17.0 Å². The smallest absolute Gasteiger partial charge is 0.244 e. The zero-order valence-electron chi connectivity index (χ0n) is 13.5. The van der Waals surface area contributed by atoms with Crippen LogP contribution < -0.4 is 5.73 Å². The summed E-state index contributed by atoms with van der Waals surface area (Å²) in [6, 6.07) is 15.0. The average Bonchev–Trinajstić information content (AvgIpc) is 3.03. The third-order valence-electron chi connectivity index (χ3n) is 4.64. The number of rotatable bonds is 4. The lowest BCUT2D eigenvalue weighted by Gasteiger charge is -2.18. The minimum Gasteiger partial charge on any atom is -0.330 e. The third-order valence-corrected chi connectivity index (χ3v) is 6.96. The van der Waals surface area contributed by atoms with Crippen LogP contribution in [0.2, 0.25) is 5.02 Å². The molecule has 24 heavy (non-hydrogen) atoms. The van der Waals surface area contributed by atoms with Gasteiger partial charge in [0.05, 0.1) is 5.02 Å². The summed E-state index contributed by atoms with van der Waals surface area (Å²) in [5.74, 6) is 0.209. The number of benzene rings is 2. The topological polar surface area (TPSA) is 63.4 Å². The first-order valence-electron chi connectivity index (χ1n) is 7.95. The summed E-state index contributed by atoms with van der Waals surface area (Å²) >= 11 is 6.15. The van der Waals surface area contributed by atoms with E-state index in [1.165, 1.54) is 4.31 Å². The summed E-state index contributed by atoms with van der Waals surface area (Å²) in [4.78, 5) is 0.175. The average molecular weight is 365 g/mol. The Balaban J connectivity index is 1.94. The second-order valence-electron chi connectivity index (χ2n) is 6.27. The van der Waals surface area contributed by atoms with Crippen LogP contribution in [0.3, 0.4) is 0 Å². The van der Waals surface area contributed by atoms with Gasteiger partial charge in [-0.3, -0.25) is 0 Å². The highest BCUT2D eigenvalue weighted by Gasteiger charge is 2.39. The third kappa shape index (κ3) is 3.22. The van der Waals surface area contributed by atoms with E-state index < -0.39 is 10.0 Å². The van der Waals surface area contributed by atoms with E-state index in [2.05, 4.69) is 0 Å². The van der Waals surface area contributed by atoms with Crippen LogP contribution in [0, 0.1) is 12.8 Å². The van der Waals surface area contributed by atoms with Gasteiger partial charge in [-0.05, 0) is 42.6 Å². The molecule has 2 N–H and O–H groups in total. The summed E-state index contributed by atoms with van der Waals surface area (Å²) in [5, 5.41) is 0.257. The van der Waals surface area contributed by atoms with Gasteiger partial charge < -0.3 is 5.73 Å². The second kappa shape index (κ2) is 6.84. The summed E-state index contributed by atoms with van der Waals surface area (Å²) in [6.45, 7) is 3.16. The molecule has 2 atom stereocenters. The van der Waals surface area contributed by atoms with Crippen molar-refractivity contribution in [3.63, 3.8) is 0 Å². The molecule has 0 amide bonds. The molecule has 2 aromatic rings. The van der Waals surface area contributed by atoms with Crippen molar-refractivity contribution in [1.82, 2.24) is 4.31 Å². The fraction of sp³-hybridized carbons (Fsp3) is 0.333. The highest BCUT2D eigenvalue weighted by Crippen LogP contribution is 2.36. The van der Waals surface area contributed by atoms with E-state index in [1.54, 1.807) is 18.2 Å². The monoisotopic (exact) mass is 364 g/mol. The molecule has 0 saturated carbocycles. The minimum atomic E-state index is -3.63. The van der Waals surface area contributed by atoms with Gasteiger partial charge in [-0.2, -0.15) is 4.31 Å². The molecule has 1 aliphatic heterocycles. The molecule has 1 aliphatic rings. The molecule has 0 aliphatic carbocycles. The zero-order chi connectivity index (χ0) is 17.3. The van der Waals surface area contributed by atoms with E-state index in [0.717, 1.165) is 11.1 Å². The maximum Gasteiger partial charge on any atom is 0.244 e. The highest BCUT2D eigenvalue weighted by atomic mass is 35.5. The molecule has 1 saturated heterocycles. The van der Waals surface area contributed by atoms with Crippen molar-refractivity contribution in [2.45, 2.75) is 17.7 Å². The standard InChI is InChI=1S/C18H21ClN2O2S/c1-13-7-8-17(19)18(9-13)24(22,23)21-11-15(10-20)16(12-21)14-5-3-2-4-6-14/h2-9,15-16H,10-12,20H2,1H3/t15-,16+/m1/s1. The van der Waals surface area contributed by atoms with Crippen molar-refractivity contribution in [3.05, 3.63) is 64.7 Å². The SMILES string of the molecule is Cc1ccc(Cl)c(S(=O)(=O)N2C[C@@H](CN)[C@H](c3ccccc3)C2)c1. The van der Waals surface area contributed by atoms with Crippen LogP contribution in [0.5, 0.6) is 0 Å². The number of aryl methyl sites for hydroxylation is 1. The van der Waals surface area contributed by atoms with Gasteiger partial charge in [0.2, 0.25) is 10.0 Å². The normalized spacial score (nSPS) is 22.0. The molecule has 128 valence electrons. The minimum absolute atomic E-state index is 0.103. The molecule has 0 aromatic heterocycles. The van der Waals surface area contributed by atoms with Gasteiger partial charge in [-0.1, -0.05) is 48.0 Å². The summed E-state index contributed by atoms with van der Waals surface area (Å²) in [5.41, 5.74) is 7.91. The first-order chi connectivity index (χ1) is 11.4. The van der Waals surface area contributed by atoms with Crippen molar-refractivity contribution in [2.75, 3.05) is 19.6 Å². The van der Waals surface area contributed by atoms with E-state index in [1.807, 2.05) is 37.3 Å². The number of sulfonamides is 1. The maximum atomic E-state index is 13.0. The molecule has 6 heteroatoms. The summed E-state index contributed by atoms with van der Waals surface area (Å²) < 4.78 is 27.6. The summed E-state index contributed by atoms with van der Waals surface area (Å²) in [7, 11) is -3.63. The summed E-state index contributed by atoms with van der Waals surface area (Å²) in [6.07, 6.45) is 0. The van der Waals surface area contributed by atoms with Crippen LogP contribution in [-0.2, 0) is 10.0 Å². The lowest BCUT2D eigenvalue weighted by atomic mass is 9.89. The number of halogens is 1. The largest absolute Gasteiger partial charge is 0.330 e. The van der Waals surface area contributed by atoms with Gasteiger partial charge in [-0.25, -0.2) is 8.42 Å². The van der Waals surface area contributed by atoms with Crippen LogP contribution in [-0.4, -0.2) is 32.4 Å². The Morgan fingerprint density at radius 1 is 1.17 bits per heavy atom. The Labute approximate surface area is 148 Å². The van der Waals surface area contributed by atoms with E-state index in [0.29, 0.717) is 19.6 Å². The fourth-order valence-electron chi connectivity index (χ4n) is 3.29. The second-order valence-corrected chi connectivity index (χ2v) is 8.58. The van der Waals surface area contributed by atoms with Crippen LogP contribution >= 0.6 is 11.6 Å². The number of hydrogen-bond acceptors (Lipinski definition) is 3. The molecule has 2 aromatic carbocycles. The van der Waals surface area contributed by atoms with E-state index in [-0.39, 0.29) is 21.8 Å². The Morgan fingerprint density at radius 3 is 2.54 bits per heavy atom. The molecule has 3 rings (SSSR count). The van der Waals surface area contributed by atoms with E-state index in [4.69, 9.17) is 17.3 Å². The molecule has 0 radical (unpaired) electrons. The number of hydrogen-bond donors (Lipinski definition) is 1. The lowest BCUT2D eigenvalue weighted by Crippen LogP contribution is -2.30. The molecular weight excluding hydrogens is 344 g/mol. The van der Waals surface area contributed by atoms with Crippen molar-refractivity contribution < 1.29 is 8.42 Å². The van der Waals surface area contributed by atoms with Gasteiger partial charge >= 0.3 is 0 Å². The van der Waals surface area contributed by atoms with Gasteiger partial charge in [0.15, 0.2) is 0 Å².